The molecule has 0 atom stereocenters. The average molecular weight is 610 g/mol. The minimum absolute atomic E-state index is 0.00653. The predicted octanol–water partition coefficient (Wildman–Crippen LogP) is 2.22. The lowest BCUT2D eigenvalue weighted by Gasteiger charge is -2.38. The molecule has 1 aromatic heterocycles. The Bertz CT molecular complexity index is 1680. The molecule has 2 aliphatic heterocycles. The molecule has 10 nitrogen and oxygen atoms in total. The SMILES string of the molecule is CC(=O)NCCn1c(=O)c(-c2cccc(F)c2Cl)cn(CC(=O)N2CCC(N3CCc4ccccc4CC3=O)CC2)c1=O. The molecule has 3 aromatic rings. The molecular weight excluding hydrogens is 577 g/mol. The molecule has 3 heterocycles. The normalized spacial score (nSPS) is 15.7. The van der Waals surface area contributed by atoms with E-state index in [0.29, 0.717) is 38.9 Å². The molecule has 0 radical (unpaired) electrons. The number of carbonyl (C=O) groups excluding carboxylic acids is 3. The maximum atomic E-state index is 14.3. The Morgan fingerprint density at radius 2 is 1.70 bits per heavy atom. The maximum absolute atomic E-state index is 14.3. The molecule has 0 bridgehead atoms. The van der Waals surface area contributed by atoms with Crippen molar-refractivity contribution in [2.75, 3.05) is 26.2 Å². The quantitative estimate of drug-likeness (QED) is 0.441. The fraction of sp³-hybridized carbons (Fsp3) is 0.387. The fourth-order valence-electron chi connectivity index (χ4n) is 5.87. The van der Waals surface area contributed by atoms with Crippen LogP contribution in [0.4, 0.5) is 4.39 Å². The van der Waals surface area contributed by atoms with E-state index < -0.39 is 17.1 Å². The van der Waals surface area contributed by atoms with Crippen LogP contribution in [-0.2, 0) is 40.3 Å². The Hall–Kier alpha value is -4.25. The highest BCUT2D eigenvalue weighted by molar-refractivity contribution is 6.33. The first-order chi connectivity index (χ1) is 20.6. The van der Waals surface area contributed by atoms with Crippen LogP contribution in [0.15, 0.2) is 58.3 Å². The van der Waals surface area contributed by atoms with Crippen molar-refractivity contribution in [1.29, 1.82) is 0 Å². The van der Waals surface area contributed by atoms with E-state index in [4.69, 9.17) is 11.6 Å². The second-order valence-electron chi connectivity index (χ2n) is 10.9. The number of nitrogens with one attached hydrogen (secondary N) is 1. The molecule has 0 spiro atoms. The van der Waals surface area contributed by atoms with Crippen LogP contribution in [0.25, 0.3) is 11.1 Å². The summed E-state index contributed by atoms with van der Waals surface area (Å²) in [6.07, 6.45) is 3.62. The van der Waals surface area contributed by atoms with Gasteiger partial charge in [-0.25, -0.2) is 9.18 Å². The summed E-state index contributed by atoms with van der Waals surface area (Å²) >= 11 is 6.17. The van der Waals surface area contributed by atoms with Crippen LogP contribution in [0.3, 0.4) is 0 Å². The first-order valence-electron chi connectivity index (χ1n) is 14.3. The van der Waals surface area contributed by atoms with E-state index in [9.17, 15) is 28.4 Å². The van der Waals surface area contributed by atoms with Crippen molar-refractivity contribution >= 4 is 29.3 Å². The molecule has 2 aromatic carbocycles. The second kappa shape index (κ2) is 12.9. The summed E-state index contributed by atoms with van der Waals surface area (Å²) in [6.45, 7) is 2.29. The predicted molar refractivity (Wildman–Crippen MR) is 159 cm³/mol. The lowest BCUT2D eigenvalue weighted by Crippen LogP contribution is -2.50. The molecule has 0 saturated carbocycles. The first-order valence-corrected chi connectivity index (χ1v) is 14.7. The number of amides is 3. The van der Waals surface area contributed by atoms with Gasteiger partial charge in [0.05, 0.1) is 17.0 Å². The Morgan fingerprint density at radius 3 is 2.42 bits per heavy atom. The first kappa shape index (κ1) is 30.2. The molecule has 1 saturated heterocycles. The van der Waals surface area contributed by atoms with Crippen LogP contribution in [0.5, 0.6) is 0 Å². The second-order valence-corrected chi connectivity index (χ2v) is 11.3. The number of likely N-dealkylation sites (tertiary alicyclic amines) is 1. The molecule has 1 fully saturated rings. The molecule has 5 rings (SSSR count). The molecule has 0 unspecified atom stereocenters. The van der Waals surface area contributed by atoms with E-state index in [2.05, 4.69) is 11.4 Å². The number of hydrogen-bond donors (Lipinski definition) is 1. The summed E-state index contributed by atoms with van der Waals surface area (Å²) in [7, 11) is 0. The Kier molecular flexibility index (Phi) is 9.10. The third kappa shape index (κ3) is 6.56. The highest BCUT2D eigenvalue weighted by atomic mass is 35.5. The molecular formula is C31H33ClFN5O5. The fourth-order valence-corrected chi connectivity index (χ4v) is 6.09. The summed E-state index contributed by atoms with van der Waals surface area (Å²) < 4.78 is 16.3. The Labute approximate surface area is 252 Å². The molecule has 0 aliphatic carbocycles. The van der Waals surface area contributed by atoms with E-state index in [1.807, 2.05) is 23.1 Å². The van der Waals surface area contributed by atoms with Gasteiger partial charge in [0.1, 0.15) is 12.4 Å². The number of rotatable bonds is 7. The van der Waals surface area contributed by atoms with Crippen molar-refractivity contribution in [3.63, 3.8) is 0 Å². The number of carbonyl (C=O) groups is 3. The van der Waals surface area contributed by atoms with E-state index in [0.717, 1.165) is 27.2 Å². The van der Waals surface area contributed by atoms with Crippen molar-refractivity contribution in [3.05, 3.63) is 91.5 Å². The van der Waals surface area contributed by atoms with Gasteiger partial charge in [0.25, 0.3) is 5.56 Å². The maximum Gasteiger partial charge on any atom is 0.331 e. The largest absolute Gasteiger partial charge is 0.355 e. The minimum Gasteiger partial charge on any atom is -0.355 e. The Balaban J connectivity index is 1.32. The summed E-state index contributed by atoms with van der Waals surface area (Å²) in [5, 5.41) is 2.27. The van der Waals surface area contributed by atoms with Crippen LogP contribution in [0, 0.1) is 5.82 Å². The van der Waals surface area contributed by atoms with Gasteiger partial charge in [-0.1, -0.05) is 48.0 Å². The van der Waals surface area contributed by atoms with Gasteiger partial charge in [-0.15, -0.1) is 0 Å². The number of nitrogens with zero attached hydrogens (tertiary/aromatic N) is 4. The standard InChI is InChI=1S/C31H33ClFN5O5/c1-20(39)34-12-16-38-30(42)25(24-7-4-8-26(33)29(24)32)18-36(31(38)43)19-28(41)35-13-10-23(11-14-35)37-15-9-21-5-2-3-6-22(21)17-27(37)40/h2-8,18,23H,9-17,19H2,1H3,(H,34,39). The molecule has 1 N–H and O–H groups in total. The minimum atomic E-state index is -0.732. The summed E-state index contributed by atoms with van der Waals surface area (Å²) in [6, 6.07) is 12.0. The van der Waals surface area contributed by atoms with Gasteiger partial charge in [-0.3, -0.25) is 28.3 Å². The zero-order chi connectivity index (χ0) is 30.7. The van der Waals surface area contributed by atoms with Gasteiger partial charge in [-0.2, -0.15) is 0 Å². The lowest BCUT2D eigenvalue weighted by atomic mass is 10.0. The van der Waals surface area contributed by atoms with Gasteiger partial charge >= 0.3 is 5.69 Å². The summed E-state index contributed by atoms with van der Waals surface area (Å²) in [4.78, 5) is 68.0. The monoisotopic (exact) mass is 609 g/mol. The number of fused-ring (bicyclic) bond motifs is 1. The zero-order valence-electron chi connectivity index (χ0n) is 23.9. The summed E-state index contributed by atoms with van der Waals surface area (Å²) in [5.74, 6) is -1.29. The number of piperidine rings is 1. The van der Waals surface area contributed by atoms with Gasteiger partial charge in [0.15, 0.2) is 0 Å². The van der Waals surface area contributed by atoms with Gasteiger partial charge < -0.3 is 15.1 Å². The molecule has 12 heteroatoms. The average Bonchev–Trinajstić information content (AvgIpc) is 3.15. The van der Waals surface area contributed by atoms with Gasteiger partial charge in [0.2, 0.25) is 17.7 Å². The lowest BCUT2D eigenvalue weighted by molar-refractivity contribution is -0.136. The Morgan fingerprint density at radius 1 is 0.977 bits per heavy atom. The highest BCUT2D eigenvalue weighted by Gasteiger charge is 2.31. The van der Waals surface area contributed by atoms with Crippen LogP contribution >= 0.6 is 11.6 Å². The smallest absolute Gasteiger partial charge is 0.331 e. The van der Waals surface area contributed by atoms with Crippen molar-refractivity contribution in [3.8, 4) is 11.1 Å². The number of benzene rings is 2. The molecule has 3 amide bonds. The van der Waals surface area contributed by atoms with Crippen LogP contribution in [-0.4, -0.2) is 68.9 Å². The topological polar surface area (TPSA) is 114 Å². The van der Waals surface area contributed by atoms with Crippen LogP contribution in [0.2, 0.25) is 5.02 Å². The zero-order valence-corrected chi connectivity index (χ0v) is 24.6. The van der Waals surface area contributed by atoms with E-state index in [1.54, 1.807) is 4.90 Å². The number of hydrogen-bond acceptors (Lipinski definition) is 5. The summed E-state index contributed by atoms with van der Waals surface area (Å²) in [5.41, 5.74) is 0.852. The third-order valence-corrected chi connectivity index (χ3v) is 8.54. The van der Waals surface area contributed by atoms with Crippen molar-refractivity contribution in [2.45, 2.75) is 51.7 Å². The van der Waals surface area contributed by atoms with Gasteiger partial charge in [0, 0.05) is 57.4 Å². The van der Waals surface area contributed by atoms with Gasteiger partial charge in [-0.05, 0) is 36.5 Å². The molecule has 2 aliphatic rings. The van der Waals surface area contributed by atoms with E-state index in [1.165, 1.54) is 30.8 Å². The number of halogens is 2. The van der Waals surface area contributed by atoms with E-state index in [-0.39, 0.29) is 59.5 Å². The molecule has 226 valence electrons. The van der Waals surface area contributed by atoms with Crippen LogP contribution < -0.4 is 16.6 Å². The van der Waals surface area contributed by atoms with E-state index >= 15 is 0 Å². The third-order valence-electron chi connectivity index (χ3n) is 8.15. The van der Waals surface area contributed by atoms with Crippen molar-refractivity contribution in [1.82, 2.24) is 24.3 Å². The molecule has 43 heavy (non-hydrogen) atoms. The van der Waals surface area contributed by atoms with Crippen LogP contribution in [0.1, 0.15) is 30.9 Å². The highest BCUT2D eigenvalue weighted by Crippen LogP contribution is 2.28. The number of aromatic nitrogens is 2. The van der Waals surface area contributed by atoms with Crippen molar-refractivity contribution in [2.24, 2.45) is 0 Å². The van der Waals surface area contributed by atoms with Crippen molar-refractivity contribution < 1.29 is 18.8 Å².